The molecule has 2 N–H and O–H groups in total. The van der Waals surface area contributed by atoms with Crippen LogP contribution in [0.4, 0.5) is 0 Å². The zero-order valence-electron chi connectivity index (χ0n) is 14.3. The largest absolute Gasteiger partial charge is 0.493 e. The third kappa shape index (κ3) is 6.30. The van der Waals surface area contributed by atoms with Crippen molar-refractivity contribution < 1.29 is 19.4 Å². The predicted molar refractivity (Wildman–Crippen MR) is 89.7 cm³/mol. The first-order valence-corrected chi connectivity index (χ1v) is 8.06. The van der Waals surface area contributed by atoms with E-state index in [0.717, 1.165) is 11.3 Å². The van der Waals surface area contributed by atoms with Crippen molar-refractivity contribution in [2.45, 2.75) is 52.5 Å². The topological polar surface area (TPSA) is 75.6 Å². The molecule has 0 aliphatic carbocycles. The molecule has 1 unspecified atom stereocenters. The lowest BCUT2D eigenvalue weighted by Gasteiger charge is -2.18. The van der Waals surface area contributed by atoms with Gasteiger partial charge in [0.15, 0.2) is 0 Å². The molecule has 5 nitrogen and oxygen atoms in total. The summed E-state index contributed by atoms with van der Waals surface area (Å²) >= 11 is 0. The molecule has 0 heterocycles. The Morgan fingerprint density at radius 1 is 1.17 bits per heavy atom. The molecule has 1 atom stereocenters. The van der Waals surface area contributed by atoms with Gasteiger partial charge in [-0.2, -0.15) is 0 Å². The minimum atomic E-state index is -1.00. The van der Waals surface area contributed by atoms with Crippen LogP contribution in [-0.2, 0) is 9.59 Å². The molecule has 0 aliphatic heterocycles. The third-order valence-electron chi connectivity index (χ3n) is 3.60. The fourth-order valence-electron chi connectivity index (χ4n) is 2.26. The van der Waals surface area contributed by atoms with Crippen molar-refractivity contribution in [3.63, 3.8) is 0 Å². The zero-order valence-corrected chi connectivity index (χ0v) is 14.3. The van der Waals surface area contributed by atoms with Crippen LogP contribution in [0.1, 0.15) is 52.0 Å². The Labute approximate surface area is 138 Å². The minimum absolute atomic E-state index is 0.148. The van der Waals surface area contributed by atoms with Crippen molar-refractivity contribution >= 4 is 11.9 Å². The number of hydrogen-bond donors (Lipinski definition) is 2. The summed E-state index contributed by atoms with van der Waals surface area (Å²) in [5.41, 5.74) is 1.14. The molecule has 0 bridgehead atoms. The van der Waals surface area contributed by atoms with Crippen LogP contribution in [-0.4, -0.2) is 29.6 Å². The first-order valence-electron chi connectivity index (χ1n) is 8.06. The number of carboxylic acid groups (broad SMARTS) is 1. The molecule has 0 aromatic heterocycles. The first kappa shape index (κ1) is 19.0. The van der Waals surface area contributed by atoms with Crippen molar-refractivity contribution in [1.29, 1.82) is 0 Å². The number of rotatable bonds is 9. The van der Waals surface area contributed by atoms with E-state index < -0.39 is 12.0 Å². The monoisotopic (exact) mass is 321 g/mol. The third-order valence-corrected chi connectivity index (χ3v) is 3.60. The van der Waals surface area contributed by atoms with Crippen molar-refractivity contribution in [2.24, 2.45) is 5.92 Å². The molecule has 1 rings (SSSR count). The molecule has 128 valence electrons. The second-order valence-corrected chi connectivity index (χ2v) is 6.27. The number of carbonyl (C=O) groups excluding carboxylic acids is 1. The minimum Gasteiger partial charge on any atom is -0.493 e. The Morgan fingerprint density at radius 2 is 1.83 bits per heavy atom. The van der Waals surface area contributed by atoms with Gasteiger partial charge in [0.2, 0.25) is 5.91 Å². The number of nitrogens with one attached hydrogen (secondary N) is 1. The highest BCUT2D eigenvalue weighted by molar-refractivity contribution is 5.83. The van der Waals surface area contributed by atoms with Gasteiger partial charge in [-0.25, -0.2) is 4.79 Å². The summed E-state index contributed by atoms with van der Waals surface area (Å²) in [5, 5.41) is 11.6. The summed E-state index contributed by atoms with van der Waals surface area (Å²) in [5.74, 6) is -0.196. The smallest absolute Gasteiger partial charge is 0.326 e. The SMILES string of the molecule is CC(C)c1ccccc1OCCCC(=O)NC(C(=O)O)C(C)C. The molecule has 1 aromatic carbocycles. The molecule has 0 saturated heterocycles. The van der Waals surface area contributed by atoms with Crippen molar-refractivity contribution in [3.8, 4) is 5.75 Å². The van der Waals surface area contributed by atoms with Crippen LogP contribution in [0, 0.1) is 5.92 Å². The highest BCUT2D eigenvalue weighted by Crippen LogP contribution is 2.25. The quantitative estimate of drug-likeness (QED) is 0.685. The second kappa shape index (κ2) is 9.18. The summed E-state index contributed by atoms with van der Waals surface area (Å²) in [6.07, 6.45) is 0.795. The van der Waals surface area contributed by atoms with Crippen LogP contribution in [0.5, 0.6) is 5.75 Å². The predicted octanol–water partition coefficient (Wildman–Crippen LogP) is 3.19. The van der Waals surface area contributed by atoms with Gasteiger partial charge in [0.1, 0.15) is 11.8 Å². The lowest BCUT2D eigenvalue weighted by atomic mass is 10.0. The maximum Gasteiger partial charge on any atom is 0.326 e. The summed E-state index contributed by atoms with van der Waals surface area (Å²) in [7, 11) is 0. The van der Waals surface area contributed by atoms with E-state index in [0.29, 0.717) is 18.9 Å². The van der Waals surface area contributed by atoms with E-state index in [1.807, 2.05) is 24.3 Å². The van der Waals surface area contributed by atoms with E-state index in [9.17, 15) is 9.59 Å². The van der Waals surface area contributed by atoms with Gasteiger partial charge in [-0.1, -0.05) is 45.9 Å². The second-order valence-electron chi connectivity index (χ2n) is 6.27. The van der Waals surface area contributed by atoms with E-state index in [2.05, 4.69) is 19.2 Å². The molecular weight excluding hydrogens is 294 g/mol. The number of benzene rings is 1. The molecule has 0 spiro atoms. The van der Waals surface area contributed by atoms with Crippen LogP contribution in [0.15, 0.2) is 24.3 Å². The maximum atomic E-state index is 11.8. The Kier molecular flexibility index (Phi) is 7.59. The van der Waals surface area contributed by atoms with E-state index in [1.165, 1.54) is 0 Å². The lowest BCUT2D eigenvalue weighted by molar-refractivity contribution is -0.143. The number of carboxylic acids is 1. The van der Waals surface area contributed by atoms with Crippen LogP contribution in [0.2, 0.25) is 0 Å². The van der Waals surface area contributed by atoms with Crippen LogP contribution >= 0.6 is 0 Å². The van der Waals surface area contributed by atoms with Gasteiger partial charge >= 0.3 is 5.97 Å². The standard InChI is InChI=1S/C18H27NO4/c1-12(2)14-8-5-6-9-15(14)23-11-7-10-16(20)19-17(13(3)4)18(21)22/h5-6,8-9,12-13,17H,7,10-11H2,1-4H3,(H,19,20)(H,21,22). The van der Waals surface area contributed by atoms with Crippen LogP contribution in [0.25, 0.3) is 0 Å². The molecule has 0 radical (unpaired) electrons. The summed E-state index contributed by atoms with van der Waals surface area (Å²) in [6, 6.07) is 7.02. The van der Waals surface area contributed by atoms with Crippen LogP contribution in [0.3, 0.4) is 0 Å². The van der Waals surface area contributed by atoms with E-state index in [1.54, 1.807) is 13.8 Å². The molecule has 0 fully saturated rings. The Bertz CT molecular complexity index is 526. The zero-order chi connectivity index (χ0) is 17.4. The Morgan fingerprint density at radius 3 is 2.39 bits per heavy atom. The Balaban J connectivity index is 2.40. The molecular formula is C18H27NO4. The van der Waals surface area contributed by atoms with Crippen molar-refractivity contribution in [2.75, 3.05) is 6.61 Å². The normalized spacial score (nSPS) is 12.3. The molecule has 0 saturated carbocycles. The molecule has 23 heavy (non-hydrogen) atoms. The fourth-order valence-corrected chi connectivity index (χ4v) is 2.26. The van der Waals surface area contributed by atoms with Gasteiger partial charge in [0.25, 0.3) is 0 Å². The average Bonchev–Trinajstić information content (AvgIpc) is 2.48. The fraction of sp³-hybridized carbons (Fsp3) is 0.556. The van der Waals surface area contributed by atoms with Gasteiger partial charge in [-0.05, 0) is 29.9 Å². The van der Waals surface area contributed by atoms with E-state index in [4.69, 9.17) is 9.84 Å². The number of carbonyl (C=O) groups is 2. The van der Waals surface area contributed by atoms with Gasteiger partial charge < -0.3 is 15.2 Å². The summed E-state index contributed by atoms with van der Waals surface area (Å²) in [6.45, 7) is 8.17. The van der Waals surface area contributed by atoms with Crippen LogP contribution < -0.4 is 10.1 Å². The van der Waals surface area contributed by atoms with Crippen molar-refractivity contribution in [3.05, 3.63) is 29.8 Å². The van der Waals surface area contributed by atoms with E-state index in [-0.39, 0.29) is 18.2 Å². The molecule has 1 aromatic rings. The highest BCUT2D eigenvalue weighted by atomic mass is 16.5. The highest BCUT2D eigenvalue weighted by Gasteiger charge is 2.22. The number of aliphatic carboxylic acids is 1. The van der Waals surface area contributed by atoms with Gasteiger partial charge in [-0.15, -0.1) is 0 Å². The van der Waals surface area contributed by atoms with E-state index >= 15 is 0 Å². The number of amides is 1. The van der Waals surface area contributed by atoms with Crippen molar-refractivity contribution in [1.82, 2.24) is 5.32 Å². The van der Waals surface area contributed by atoms with Gasteiger partial charge in [0.05, 0.1) is 6.61 Å². The number of hydrogen-bond acceptors (Lipinski definition) is 3. The number of para-hydroxylation sites is 1. The molecule has 5 heteroatoms. The van der Waals surface area contributed by atoms with Gasteiger partial charge in [0, 0.05) is 6.42 Å². The first-order chi connectivity index (χ1) is 10.8. The average molecular weight is 321 g/mol. The molecule has 1 amide bonds. The lowest BCUT2D eigenvalue weighted by Crippen LogP contribution is -2.44. The summed E-state index contributed by atoms with van der Waals surface area (Å²) in [4.78, 5) is 22.9. The molecule has 0 aliphatic rings. The number of ether oxygens (including phenoxy) is 1. The summed E-state index contributed by atoms with van der Waals surface area (Å²) < 4.78 is 5.75. The maximum absolute atomic E-state index is 11.8. The van der Waals surface area contributed by atoms with Gasteiger partial charge in [-0.3, -0.25) is 4.79 Å². The Hall–Kier alpha value is -2.04.